The van der Waals surface area contributed by atoms with Gasteiger partial charge in [-0.1, -0.05) is 234 Å². The van der Waals surface area contributed by atoms with Crippen LogP contribution in [0.25, 0.3) is 132 Å². The summed E-state index contributed by atoms with van der Waals surface area (Å²) in [5.74, 6) is 0. The fraction of sp³-hybridized carbons (Fsp3) is 0.286. The Morgan fingerprint density at radius 3 is 0.690 bits per heavy atom. The number of benzene rings is 10. The molecule has 10 aromatic carbocycles. The van der Waals surface area contributed by atoms with Crippen molar-refractivity contribution in [2.24, 2.45) is 0 Å². The summed E-state index contributed by atoms with van der Waals surface area (Å²) in [6.45, 7) is 41.7. The highest BCUT2D eigenvalue weighted by molar-refractivity contribution is 6.15. The van der Waals surface area contributed by atoms with E-state index in [0.717, 1.165) is 0 Å². The number of aromatic nitrogens is 3. The zero-order valence-corrected chi connectivity index (χ0v) is 54.8. The lowest BCUT2D eigenvalue weighted by atomic mass is 9.82. The van der Waals surface area contributed by atoms with Gasteiger partial charge in [-0.15, -0.1) is 0 Å². The van der Waals surface area contributed by atoms with Crippen LogP contribution in [0.2, 0.25) is 0 Å². The van der Waals surface area contributed by atoms with Crippen LogP contribution in [-0.4, -0.2) is 15.0 Å². The summed E-state index contributed by atoms with van der Waals surface area (Å²) in [5.41, 5.74) is 29.4. The standard InChI is InChI=1S/C84H87N3/c1-79(2,3)55-34-37-72-66(40-55)69-46-58(82(10,11)12)43-63(76(69)85-72)51-26-22-49(23-27-51)61-20-19-21-62(50-24-28-52(29-25-50)64-44-59(83(13,14)15)47-70-67-41-56(80(4,5)6)35-38-73(67)86-77(64)70)75(61)54-32-30-53(31-33-54)65-45-60(84(16,17)18)48-71-68-42-57(81(7,8)9)36-39-74(68)87-78(65)71/h19-48,85-87H,1-18H3. The molecule has 0 aliphatic carbocycles. The summed E-state index contributed by atoms with van der Waals surface area (Å²) in [4.78, 5) is 11.7. The van der Waals surface area contributed by atoms with Crippen molar-refractivity contribution in [3.63, 3.8) is 0 Å². The molecule has 3 aromatic heterocycles. The second kappa shape index (κ2) is 20.1. The molecule has 0 aliphatic heterocycles. The largest absolute Gasteiger partial charge is 0.354 e. The number of fused-ring (bicyclic) bond motifs is 9. The molecule has 0 aliphatic rings. The third kappa shape index (κ3) is 10.4. The van der Waals surface area contributed by atoms with Gasteiger partial charge in [-0.25, -0.2) is 0 Å². The molecule has 0 saturated heterocycles. The average Bonchev–Trinajstić information content (AvgIpc) is 1.73. The molecule has 0 amide bonds. The van der Waals surface area contributed by atoms with Crippen molar-refractivity contribution < 1.29 is 0 Å². The minimum atomic E-state index is -0.0484. The minimum Gasteiger partial charge on any atom is -0.354 e. The van der Waals surface area contributed by atoms with E-state index in [1.807, 2.05) is 0 Å². The first kappa shape index (κ1) is 57.7. The molecule has 87 heavy (non-hydrogen) atoms. The second-order valence-corrected chi connectivity index (χ2v) is 31.5. The molecule has 3 nitrogen and oxygen atoms in total. The summed E-state index contributed by atoms with van der Waals surface area (Å²) in [5, 5.41) is 7.67. The van der Waals surface area contributed by atoms with Gasteiger partial charge in [-0.2, -0.15) is 0 Å². The van der Waals surface area contributed by atoms with E-state index >= 15 is 0 Å². The Balaban J connectivity index is 0.969. The van der Waals surface area contributed by atoms with Gasteiger partial charge in [0.15, 0.2) is 0 Å². The van der Waals surface area contributed by atoms with E-state index in [9.17, 15) is 0 Å². The summed E-state index contributed by atoms with van der Waals surface area (Å²) in [7, 11) is 0. The number of hydrogen-bond acceptors (Lipinski definition) is 0. The van der Waals surface area contributed by atoms with E-state index < -0.39 is 0 Å². The van der Waals surface area contributed by atoms with Gasteiger partial charge in [0.2, 0.25) is 0 Å². The SMILES string of the molecule is CC(C)(C)c1ccc2[nH]c3c(-c4ccc(-c5cccc(-c6ccc(-c7cc(C(C)(C)C)cc8c7[nH]c7ccc(C(C)(C)C)cc78)cc6)c5-c5ccc(-c6cc(C(C)(C)C)cc7c6[nH]c6ccc(C(C)(C)C)cc67)cc5)cc4)cc(C(C)(C)C)cc3c2c1. The first-order valence-corrected chi connectivity index (χ1v) is 31.6. The van der Waals surface area contributed by atoms with Gasteiger partial charge in [0, 0.05) is 65.6 Å². The maximum Gasteiger partial charge on any atom is 0.0544 e. The monoisotopic (exact) mass is 1140 g/mol. The average molecular weight is 1140 g/mol. The maximum atomic E-state index is 3.91. The molecule has 3 N–H and O–H groups in total. The molecule has 3 heterocycles. The van der Waals surface area contributed by atoms with Crippen molar-refractivity contribution in [3.05, 3.63) is 215 Å². The Morgan fingerprint density at radius 1 is 0.207 bits per heavy atom. The van der Waals surface area contributed by atoms with Crippen molar-refractivity contribution in [3.8, 4) is 66.8 Å². The minimum absolute atomic E-state index is 0.0386. The molecule has 438 valence electrons. The fourth-order valence-electron chi connectivity index (χ4n) is 13.2. The molecular formula is C84H87N3. The first-order valence-electron chi connectivity index (χ1n) is 31.6. The molecule has 0 unspecified atom stereocenters. The van der Waals surface area contributed by atoms with Crippen molar-refractivity contribution in [2.75, 3.05) is 0 Å². The summed E-state index contributed by atoms with van der Waals surface area (Å²) >= 11 is 0. The van der Waals surface area contributed by atoms with Crippen LogP contribution >= 0.6 is 0 Å². The Hall–Kier alpha value is -8.40. The Kier molecular flexibility index (Phi) is 13.3. The predicted octanol–water partition coefficient (Wildman–Crippen LogP) is 24.4. The van der Waals surface area contributed by atoms with Crippen molar-refractivity contribution in [1.29, 1.82) is 0 Å². The zero-order valence-electron chi connectivity index (χ0n) is 54.8. The highest BCUT2D eigenvalue weighted by Gasteiger charge is 2.26. The van der Waals surface area contributed by atoms with Crippen LogP contribution in [0.4, 0.5) is 0 Å². The fourth-order valence-corrected chi connectivity index (χ4v) is 13.2. The number of aromatic amines is 3. The third-order valence-corrected chi connectivity index (χ3v) is 18.9. The molecule has 0 fully saturated rings. The van der Waals surface area contributed by atoms with Crippen LogP contribution in [0.5, 0.6) is 0 Å². The number of nitrogens with one attached hydrogen (secondary N) is 3. The van der Waals surface area contributed by atoms with E-state index in [4.69, 9.17) is 0 Å². The van der Waals surface area contributed by atoms with Crippen LogP contribution in [0.3, 0.4) is 0 Å². The summed E-state index contributed by atoms with van der Waals surface area (Å²) < 4.78 is 0. The van der Waals surface area contributed by atoms with E-state index in [2.05, 4.69) is 322 Å². The molecule has 13 aromatic rings. The summed E-state index contributed by atoms with van der Waals surface area (Å²) in [6, 6.07) is 70.5. The van der Waals surface area contributed by atoms with Crippen molar-refractivity contribution in [2.45, 2.75) is 157 Å². The smallest absolute Gasteiger partial charge is 0.0544 e. The van der Waals surface area contributed by atoms with E-state index in [0.29, 0.717) is 0 Å². The lowest BCUT2D eigenvalue weighted by Crippen LogP contribution is -2.11. The summed E-state index contributed by atoms with van der Waals surface area (Å²) in [6.07, 6.45) is 0. The quantitative estimate of drug-likeness (QED) is 0.149. The maximum absolute atomic E-state index is 3.91. The Labute approximate surface area is 516 Å². The third-order valence-electron chi connectivity index (χ3n) is 18.9. The molecule has 0 atom stereocenters. The van der Waals surface area contributed by atoms with Crippen LogP contribution < -0.4 is 0 Å². The second-order valence-electron chi connectivity index (χ2n) is 31.5. The number of hydrogen-bond donors (Lipinski definition) is 3. The van der Waals surface area contributed by atoms with Crippen LogP contribution in [0.15, 0.2) is 182 Å². The molecule has 0 spiro atoms. The first-order chi connectivity index (χ1) is 40.9. The van der Waals surface area contributed by atoms with Gasteiger partial charge in [0.25, 0.3) is 0 Å². The van der Waals surface area contributed by atoms with Crippen molar-refractivity contribution in [1.82, 2.24) is 15.0 Å². The molecule has 3 heteroatoms. The molecule has 0 radical (unpaired) electrons. The van der Waals surface area contributed by atoms with Crippen LogP contribution in [0, 0.1) is 0 Å². The predicted molar refractivity (Wildman–Crippen MR) is 379 cm³/mol. The Bertz CT molecular complexity index is 4640. The van der Waals surface area contributed by atoms with E-state index in [-0.39, 0.29) is 32.5 Å². The number of rotatable bonds is 6. The van der Waals surface area contributed by atoms with Crippen LogP contribution in [0.1, 0.15) is 158 Å². The zero-order chi connectivity index (χ0) is 61.7. The van der Waals surface area contributed by atoms with E-state index in [1.54, 1.807) is 0 Å². The highest BCUT2D eigenvalue weighted by Crippen LogP contribution is 2.47. The van der Waals surface area contributed by atoms with Gasteiger partial charge in [0.1, 0.15) is 0 Å². The highest BCUT2D eigenvalue weighted by atomic mass is 14.7. The molecule has 13 rings (SSSR count). The van der Waals surface area contributed by atoms with E-state index in [1.165, 1.54) is 166 Å². The lowest BCUT2D eigenvalue weighted by Gasteiger charge is -2.22. The topological polar surface area (TPSA) is 47.4 Å². The van der Waals surface area contributed by atoms with Gasteiger partial charge in [-0.3, -0.25) is 0 Å². The number of H-pyrrole nitrogens is 3. The molecule has 0 saturated carbocycles. The lowest BCUT2D eigenvalue weighted by molar-refractivity contribution is 0.590. The van der Waals surface area contributed by atoms with Gasteiger partial charge in [-0.05, 0) is 189 Å². The van der Waals surface area contributed by atoms with Gasteiger partial charge < -0.3 is 15.0 Å². The Morgan fingerprint density at radius 2 is 0.437 bits per heavy atom. The normalized spacial score (nSPS) is 13.2. The molecular weight excluding hydrogens is 1050 g/mol. The van der Waals surface area contributed by atoms with Gasteiger partial charge >= 0.3 is 0 Å². The van der Waals surface area contributed by atoms with Gasteiger partial charge in [0.05, 0.1) is 16.6 Å². The van der Waals surface area contributed by atoms with Crippen LogP contribution in [-0.2, 0) is 32.5 Å². The van der Waals surface area contributed by atoms with Crippen molar-refractivity contribution >= 4 is 65.4 Å². The molecule has 0 bridgehead atoms.